The third-order valence-electron chi connectivity index (χ3n) is 6.84. The lowest BCUT2D eigenvalue weighted by Crippen LogP contribution is -2.10. The highest BCUT2D eigenvalue weighted by molar-refractivity contribution is 7.27. The number of hydrogen-bond donors (Lipinski definition) is 0. The van der Waals surface area contributed by atoms with Crippen LogP contribution in [0.15, 0.2) is 54.2 Å². The van der Waals surface area contributed by atoms with Crippen LogP contribution in [0.3, 0.4) is 0 Å². The molecule has 2 aliphatic carbocycles. The van der Waals surface area contributed by atoms with E-state index in [1.807, 2.05) is 38.1 Å². The van der Waals surface area contributed by atoms with E-state index in [2.05, 4.69) is 39.9 Å². The van der Waals surface area contributed by atoms with Crippen LogP contribution in [0.5, 0.6) is 5.88 Å². The molecule has 3 nitrogen and oxygen atoms in total. The Morgan fingerprint density at radius 2 is 2.12 bits per heavy atom. The summed E-state index contributed by atoms with van der Waals surface area (Å²) in [5.41, 5.74) is 6.42. The Bertz CT molecular complexity index is 1110. The van der Waals surface area contributed by atoms with Gasteiger partial charge in [-0.25, -0.2) is 9.37 Å². The molecule has 0 saturated heterocycles. The van der Waals surface area contributed by atoms with Gasteiger partial charge in [-0.05, 0) is 67.0 Å². The number of ether oxygens (including phenoxy) is 2. The molecule has 0 aliphatic heterocycles. The first kappa shape index (κ1) is 24.8. The Hall–Kier alpha value is -2.29. The molecule has 5 heteroatoms. The highest BCUT2D eigenvalue weighted by Gasteiger charge is 2.46. The van der Waals surface area contributed by atoms with Crippen molar-refractivity contribution >= 4 is 14.5 Å². The van der Waals surface area contributed by atoms with Gasteiger partial charge < -0.3 is 9.47 Å². The van der Waals surface area contributed by atoms with Crippen LogP contribution in [0.25, 0.3) is 11.1 Å². The molecule has 4 rings (SSSR count). The summed E-state index contributed by atoms with van der Waals surface area (Å²) in [5, 5.41) is 0.811. The van der Waals surface area contributed by atoms with Gasteiger partial charge in [0.25, 0.3) is 0 Å². The van der Waals surface area contributed by atoms with Crippen molar-refractivity contribution in [2.24, 2.45) is 11.8 Å². The molecular weight excluding hydrogens is 444 g/mol. The maximum Gasteiger partial charge on any atom is 0.213 e. The monoisotopic (exact) mass is 479 g/mol. The van der Waals surface area contributed by atoms with E-state index in [1.54, 1.807) is 0 Å². The second-order valence-corrected chi connectivity index (χ2v) is 9.97. The predicted octanol–water partition coefficient (Wildman–Crippen LogP) is 6.78. The highest BCUT2D eigenvalue weighted by Crippen LogP contribution is 2.57. The Balaban J connectivity index is 1.49. The zero-order valence-electron chi connectivity index (χ0n) is 20.5. The molecule has 1 aromatic heterocycles. The topological polar surface area (TPSA) is 31.4 Å². The quantitative estimate of drug-likeness (QED) is 0.278. The molecule has 3 unspecified atom stereocenters. The first-order valence-electron chi connectivity index (χ1n) is 12.2. The van der Waals surface area contributed by atoms with Gasteiger partial charge in [0.05, 0.1) is 19.8 Å². The molecule has 0 N–H and O–H groups in total. The minimum absolute atomic E-state index is 0.222. The molecule has 2 aliphatic rings. The van der Waals surface area contributed by atoms with Crippen LogP contribution in [-0.2, 0) is 11.3 Å². The third-order valence-corrected chi connectivity index (χ3v) is 7.38. The molecule has 1 heterocycles. The third kappa shape index (κ3) is 5.34. The van der Waals surface area contributed by atoms with Gasteiger partial charge in [-0.1, -0.05) is 50.3 Å². The van der Waals surface area contributed by atoms with E-state index in [9.17, 15) is 0 Å². The molecule has 2 fully saturated rings. The zero-order chi connectivity index (χ0) is 24.2. The number of halogens is 1. The Morgan fingerprint density at radius 1 is 1.29 bits per heavy atom. The van der Waals surface area contributed by atoms with Gasteiger partial charge in [-0.3, -0.25) is 0 Å². The molecule has 1 aromatic carbocycles. The molecular formula is C29H35FNO2P. The highest BCUT2D eigenvalue weighted by atomic mass is 31.0. The number of unbranched alkanes of at least 4 members (excludes halogenated alkanes) is 1. The van der Waals surface area contributed by atoms with Crippen LogP contribution in [0.4, 0.5) is 4.39 Å². The van der Waals surface area contributed by atoms with Gasteiger partial charge in [0, 0.05) is 28.5 Å². The van der Waals surface area contributed by atoms with E-state index < -0.39 is 0 Å². The van der Waals surface area contributed by atoms with E-state index in [0.717, 1.165) is 47.3 Å². The lowest BCUT2D eigenvalue weighted by molar-refractivity contribution is 0.146. The Kier molecular flexibility index (Phi) is 8.01. The maximum atomic E-state index is 15.7. The van der Waals surface area contributed by atoms with Gasteiger partial charge in [-0.2, -0.15) is 0 Å². The van der Waals surface area contributed by atoms with E-state index in [4.69, 9.17) is 9.47 Å². The number of allylic oxidation sites excluding steroid dienone is 4. The SMILES string of the molecule is C=CC=C1/C(=C\COCc2c(P)ccc(-c3c(C)cc(OCCCC)nc3C)c2F)CC2CC12. The maximum absolute atomic E-state index is 15.7. The number of rotatable bonds is 10. The summed E-state index contributed by atoms with van der Waals surface area (Å²) in [6.07, 6.45) is 10.6. The summed E-state index contributed by atoms with van der Waals surface area (Å²) >= 11 is 0. The van der Waals surface area contributed by atoms with E-state index in [1.165, 1.54) is 17.6 Å². The van der Waals surface area contributed by atoms with Crippen LogP contribution >= 0.6 is 9.24 Å². The number of hydrogen-bond acceptors (Lipinski definition) is 3. The Morgan fingerprint density at radius 3 is 2.85 bits per heavy atom. The van der Waals surface area contributed by atoms with Crippen LogP contribution in [0.1, 0.15) is 49.4 Å². The largest absolute Gasteiger partial charge is 0.478 e. The summed E-state index contributed by atoms with van der Waals surface area (Å²) in [6.45, 7) is 11.2. The summed E-state index contributed by atoms with van der Waals surface area (Å²) in [6, 6.07) is 5.66. The van der Waals surface area contributed by atoms with Crippen LogP contribution < -0.4 is 10.0 Å². The van der Waals surface area contributed by atoms with Crippen LogP contribution in [-0.4, -0.2) is 18.2 Å². The molecule has 180 valence electrons. The number of aryl methyl sites for hydroxylation is 2. The fourth-order valence-corrected chi connectivity index (χ4v) is 5.25. The number of fused-ring (bicyclic) bond motifs is 1. The fraction of sp³-hybridized carbons (Fsp3) is 0.414. The predicted molar refractivity (Wildman–Crippen MR) is 141 cm³/mol. The van der Waals surface area contributed by atoms with Crippen molar-refractivity contribution in [3.05, 3.63) is 76.8 Å². The molecule has 34 heavy (non-hydrogen) atoms. The molecule has 0 spiro atoms. The van der Waals surface area contributed by atoms with Crippen molar-refractivity contribution in [2.45, 2.75) is 53.1 Å². The molecule has 2 aromatic rings. The van der Waals surface area contributed by atoms with E-state index >= 15 is 4.39 Å². The lowest BCUT2D eigenvalue weighted by atomic mass is 9.97. The second-order valence-electron chi connectivity index (χ2n) is 9.34. The first-order valence-corrected chi connectivity index (χ1v) is 12.8. The Labute approximate surface area is 205 Å². The van der Waals surface area contributed by atoms with Gasteiger partial charge >= 0.3 is 0 Å². The smallest absolute Gasteiger partial charge is 0.213 e. The fourth-order valence-electron chi connectivity index (χ4n) is 4.95. The normalized spacial score (nSPS) is 21.2. The first-order chi connectivity index (χ1) is 16.4. The number of pyridine rings is 1. The molecule has 2 saturated carbocycles. The zero-order valence-corrected chi connectivity index (χ0v) is 21.6. The summed E-state index contributed by atoms with van der Waals surface area (Å²) in [7, 11) is 2.63. The minimum Gasteiger partial charge on any atom is -0.478 e. The van der Waals surface area contributed by atoms with Crippen molar-refractivity contribution in [3.63, 3.8) is 0 Å². The standard InChI is InChI=1S/C29H35FNO2P/c1-5-7-12-33-27-14-18(3)28(19(4)31-27)23-9-10-26(34)25(29(23)30)17-32-13-11-20-15-21-16-24(21)22(20)8-6-2/h6,8-11,14,21,24H,2,5,7,12-13,15-17,34H2,1,3-4H3/b20-11-,22-8?. The number of nitrogens with zero attached hydrogens (tertiary/aromatic N) is 1. The molecule has 3 atom stereocenters. The summed E-state index contributed by atoms with van der Waals surface area (Å²) in [4.78, 5) is 4.58. The number of benzene rings is 1. The van der Waals surface area contributed by atoms with E-state index in [-0.39, 0.29) is 12.4 Å². The molecule has 0 amide bonds. The van der Waals surface area contributed by atoms with Gasteiger partial charge in [0.1, 0.15) is 5.82 Å². The van der Waals surface area contributed by atoms with Crippen molar-refractivity contribution in [1.29, 1.82) is 0 Å². The van der Waals surface area contributed by atoms with Gasteiger partial charge in [-0.15, -0.1) is 9.24 Å². The second kappa shape index (κ2) is 11.0. The van der Waals surface area contributed by atoms with E-state index in [0.29, 0.717) is 36.1 Å². The van der Waals surface area contributed by atoms with Crippen molar-refractivity contribution in [1.82, 2.24) is 4.98 Å². The van der Waals surface area contributed by atoms with Crippen molar-refractivity contribution in [3.8, 4) is 17.0 Å². The molecule has 0 radical (unpaired) electrons. The summed E-state index contributed by atoms with van der Waals surface area (Å²) < 4.78 is 27.4. The lowest BCUT2D eigenvalue weighted by Gasteiger charge is -2.16. The summed E-state index contributed by atoms with van der Waals surface area (Å²) in [5.74, 6) is 1.86. The van der Waals surface area contributed by atoms with Gasteiger partial charge in [0.2, 0.25) is 5.88 Å². The number of aromatic nitrogens is 1. The minimum atomic E-state index is -0.248. The van der Waals surface area contributed by atoms with Crippen molar-refractivity contribution < 1.29 is 13.9 Å². The van der Waals surface area contributed by atoms with Crippen molar-refractivity contribution in [2.75, 3.05) is 13.2 Å². The van der Waals surface area contributed by atoms with Crippen LogP contribution in [0.2, 0.25) is 0 Å². The average Bonchev–Trinajstić information content (AvgIpc) is 3.48. The van der Waals surface area contributed by atoms with Gasteiger partial charge in [0.15, 0.2) is 0 Å². The molecule has 0 bridgehead atoms. The average molecular weight is 480 g/mol. The van der Waals surface area contributed by atoms with Crippen LogP contribution in [0, 0.1) is 31.5 Å².